The monoisotopic (exact) mass is 380 g/mol. The highest BCUT2D eigenvalue weighted by molar-refractivity contribution is 5.64. The summed E-state index contributed by atoms with van der Waals surface area (Å²) in [7, 11) is 0. The van der Waals surface area contributed by atoms with Gasteiger partial charge in [-0.15, -0.1) is 0 Å². The maximum absolute atomic E-state index is 6.03. The molecular weight excluding hydrogens is 344 g/mol. The van der Waals surface area contributed by atoms with Crippen LogP contribution >= 0.6 is 0 Å². The summed E-state index contributed by atoms with van der Waals surface area (Å²) in [4.78, 5) is 0. The van der Waals surface area contributed by atoms with Crippen LogP contribution in [0.5, 0.6) is 0 Å². The van der Waals surface area contributed by atoms with Crippen molar-refractivity contribution in [3.8, 4) is 11.1 Å². The van der Waals surface area contributed by atoms with Crippen LogP contribution in [0.3, 0.4) is 0 Å². The highest BCUT2D eigenvalue weighted by atomic mass is 16.6. The highest BCUT2D eigenvalue weighted by Crippen LogP contribution is 2.27. The molecule has 2 aromatic rings. The zero-order valence-electron chi connectivity index (χ0n) is 17.7. The van der Waals surface area contributed by atoms with Crippen molar-refractivity contribution in [1.29, 1.82) is 0 Å². The molecule has 1 heterocycles. The molecule has 0 aliphatic carbocycles. The van der Waals surface area contributed by atoms with Gasteiger partial charge in [-0.1, -0.05) is 94.5 Å². The van der Waals surface area contributed by atoms with Crippen molar-refractivity contribution in [2.75, 3.05) is 13.2 Å². The van der Waals surface area contributed by atoms with Crippen LogP contribution in [-0.2, 0) is 15.9 Å². The second kappa shape index (κ2) is 11.4. The average molecular weight is 381 g/mol. The fraction of sp³-hybridized carbons (Fsp3) is 0.538. The fourth-order valence-corrected chi connectivity index (χ4v) is 3.91. The fourth-order valence-electron chi connectivity index (χ4n) is 3.91. The van der Waals surface area contributed by atoms with E-state index in [0.717, 1.165) is 12.8 Å². The number of unbranched alkanes of at least 4 members (excludes halogenated alkanes) is 4. The van der Waals surface area contributed by atoms with Gasteiger partial charge in [0.05, 0.1) is 19.3 Å². The van der Waals surface area contributed by atoms with Crippen LogP contribution in [-0.4, -0.2) is 19.3 Å². The molecule has 0 saturated carbocycles. The van der Waals surface area contributed by atoms with Crippen LogP contribution in [0.2, 0.25) is 0 Å². The predicted octanol–water partition coefficient (Wildman–Crippen LogP) is 7.12. The standard InChI is InChI=1S/C26H36O2/c1-3-5-6-7-8-10-21-11-13-22(14-12-21)23-15-17-24(18-16-23)26-20-27-25(9-4-2)19-28-26/h11-18,25-26H,3-10,19-20H2,1-2H3/t25-,26-/m0/s1. The largest absolute Gasteiger partial charge is 0.373 e. The molecule has 0 unspecified atom stereocenters. The van der Waals surface area contributed by atoms with Gasteiger partial charge in [0.25, 0.3) is 0 Å². The normalized spacial score (nSPS) is 19.6. The van der Waals surface area contributed by atoms with Crippen LogP contribution in [0.1, 0.15) is 76.0 Å². The lowest BCUT2D eigenvalue weighted by molar-refractivity contribution is -0.137. The Bertz CT molecular complexity index is 667. The predicted molar refractivity (Wildman–Crippen MR) is 118 cm³/mol. The Morgan fingerprint density at radius 3 is 2.00 bits per heavy atom. The van der Waals surface area contributed by atoms with Crippen molar-refractivity contribution >= 4 is 0 Å². The molecule has 28 heavy (non-hydrogen) atoms. The molecule has 152 valence electrons. The molecule has 3 rings (SSSR count). The van der Waals surface area contributed by atoms with E-state index in [-0.39, 0.29) is 12.2 Å². The van der Waals surface area contributed by atoms with Crippen molar-refractivity contribution in [1.82, 2.24) is 0 Å². The lowest BCUT2D eigenvalue weighted by Crippen LogP contribution is -2.30. The van der Waals surface area contributed by atoms with Gasteiger partial charge in [-0.2, -0.15) is 0 Å². The van der Waals surface area contributed by atoms with Crippen molar-refractivity contribution in [2.45, 2.75) is 77.4 Å². The minimum atomic E-state index is 0.0669. The Balaban J connectivity index is 1.51. The summed E-state index contributed by atoms with van der Waals surface area (Å²) in [5.41, 5.74) is 5.21. The third kappa shape index (κ3) is 6.18. The van der Waals surface area contributed by atoms with Gasteiger partial charge in [0.2, 0.25) is 0 Å². The smallest absolute Gasteiger partial charge is 0.106 e. The first kappa shape index (κ1) is 21.1. The molecule has 1 fully saturated rings. The summed E-state index contributed by atoms with van der Waals surface area (Å²) in [6.07, 6.45) is 10.5. The number of benzene rings is 2. The lowest BCUT2D eigenvalue weighted by atomic mass is 9.99. The molecule has 0 aromatic heterocycles. The van der Waals surface area contributed by atoms with Crippen LogP contribution < -0.4 is 0 Å². The van der Waals surface area contributed by atoms with Crippen LogP contribution in [0.4, 0.5) is 0 Å². The zero-order chi connectivity index (χ0) is 19.6. The third-order valence-corrected chi connectivity index (χ3v) is 5.72. The minimum absolute atomic E-state index is 0.0669. The second-order valence-electron chi connectivity index (χ2n) is 8.05. The summed E-state index contributed by atoms with van der Waals surface area (Å²) in [5.74, 6) is 0. The minimum Gasteiger partial charge on any atom is -0.373 e. The molecule has 0 amide bonds. The molecular formula is C26H36O2. The van der Waals surface area contributed by atoms with Gasteiger partial charge in [-0.3, -0.25) is 0 Å². The Morgan fingerprint density at radius 1 is 0.714 bits per heavy atom. The van der Waals surface area contributed by atoms with E-state index >= 15 is 0 Å². The SMILES string of the molecule is CCCCCCCc1ccc(-c2ccc([C@@H]3CO[C@@H](CCC)CO3)cc2)cc1. The van der Waals surface area contributed by atoms with E-state index in [1.165, 1.54) is 60.8 Å². The van der Waals surface area contributed by atoms with E-state index in [2.05, 4.69) is 62.4 Å². The maximum atomic E-state index is 6.03. The number of hydrogen-bond acceptors (Lipinski definition) is 2. The molecule has 0 radical (unpaired) electrons. The van der Waals surface area contributed by atoms with Gasteiger partial charge in [0, 0.05) is 0 Å². The molecule has 1 saturated heterocycles. The van der Waals surface area contributed by atoms with Gasteiger partial charge in [0.1, 0.15) is 6.10 Å². The summed E-state index contributed by atoms with van der Waals surface area (Å²) in [6, 6.07) is 17.9. The first-order valence-electron chi connectivity index (χ1n) is 11.2. The van der Waals surface area contributed by atoms with E-state index < -0.39 is 0 Å². The van der Waals surface area contributed by atoms with Crippen molar-refractivity contribution < 1.29 is 9.47 Å². The average Bonchev–Trinajstić information content (AvgIpc) is 2.75. The topological polar surface area (TPSA) is 18.5 Å². The van der Waals surface area contributed by atoms with Gasteiger partial charge in [0.15, 0.2) is 0 Å². The van der Waals surface area contributed by atoms with Gasteiger partial charge < -0.3 is 9.47 Å². The Morgan fingerprint density at radius 2 is 1.39 bits per heavy atom. The number of ether oxygens (including phenoxy) is 2. The van der Waals surface area contributed by atoms with Gasteiger partial charge in [-0.05, 0) is 41.5 Å². The van der Waals surface area contributed by atoms with E-state index in [1.807, 2.05) is 0 Å². The Hall–Kier alpha value is -1.64. The molecule has 2 aromatic carbocycles. The van der Waals surface area contributed by atoms with Crippen LogP contribution in [0, 0.1) is 0 Å². The van der Waals surface area contributed by atoms with Crippen molar-refractivity contribution in [2.24, 2.45) is 0 Å². The summed E-state index contributed by atoms with van der Waals surface area (Å²) >= 11 is 0. The molecule has 2 heteroatoms. The number of rotatable bonds is 10. The zero-order valence-corrected chi connectivity index (χ0v) is 17.7. The van der Waals surface area contributed by atoms with Crippen molar-refractivity contribution in [3.05, 3.63) is 59.7 Å². The molecule has 1 aliphatic rings. The quantitative estimate of drug-likeness (QED) is 0.408. The molecule has 1 aliphatic heterocycles. The van der Waals surface area contributed by atoms with Crippen LogP contribution in [0.15, 0.2) is 48.5 Å². The Labute approximate surface area is 171 Å². The molecule has 0 spiro atoms. The summed E-state index contributed by atoms with van der Waals surface area (Å²) < 4.78 is 12.0. The van der Waals surface area contributed by atoms with Gasteiger partial charge in [-0.25, -0.2) is 0 Å². The molecule has 2 nitrogen and oxygen atoms in total. The number of aryl methyl sites for hydroxylation is 1. The summed E-state index contributed by atoms with van der Waals surface area (Å²) in [5, 5.41) is 0. The van der Waals surface area contributed by atoms with Crippen molar-refractivity contribution in [3.63, 3.8) is 0 Å². The maximum Gasteiger partial charge on any atom is 0.106 e. The first-order valence-corrected chi connectivity index (χ1v) is 11.2. The van der Waals surface area contributed by atoms with E-state index in [4.69, 9.17) is 9.47 Å². The second-order valence-corrected chi connectivity index (χ2v) is 8.05. The highest BCUT2D eigenvalue weighted by Gasteiger charge is 2.22. The third-order valence-electron chi connectivity index (χ3n) is 5.72. The first-order chi connectivity index (χ1) is 13.8. The van der Waals surface area contributed by atoms with E-state index in [9.17, 15) is 0 Å². The van der Waals surface area contributed by atoms with Gasteiger partial charge >= 0.3 is 0 Å². The number of hydrogen-bond donors (Lipinski definition) is 0. The Kier molecular flexibility index (Phi) is 8.57. The molecule has 0 N–H and O–H groups in total. The molecule has 2 atom stereocenters. The van der Waals surface area contributed by atoms with Crippen LogP contribution in [0.25, 0.3) is 11.1 Å². The van der Waals surface area contributed by atoms with E-state index in [0.29, 0.717) is 13.2 Å². The summed E-state index contributed by atoms with van der Waals surface area (Å²) in [6.45, 7) is 5.83. The van der Waals surface area contributed by atoms with E-state index in [1.54, 1.807) is 0 Å². The molecule has 0 bridgehead atoms. The lowest BCUT2D eigenvalue weighted by Gasteiger charge is -2.29.